The van der Waals surface area contributed by atoms with E-state index in [4.69, 9.17) is 0 Å². The molecule has 1 aromatic carbocycles. The molecule has 0 saturated carbocycles. The van der Waals surface area contributed by atoms with E-state index in [0.717, 1.165) is 3.79 Å². The van der Waals surface area contributed by atoms with E-state index in [9.17, 15) is 9.59 Å². The summed E-state index contributed by atoms with van der Waals surface area (Å²) >= 11 is 4.77. The summed E-state index contributed by atoms with van der Waals surface area (Å²) in [6, 6.07) is 8.62. The van der Waals surface area contributed by atoms with Gasteiger partial charge in [-0.1, -0.05) is 6.07 Å². The Kier molecular flexibility index (Phi) is 4.92. The van der Waals surface area contributed by atoms with Crippen LogP contribution in [0.5, 0.6) is 0 Å². The molecule has 20 heavy (non-hydrogen) atoms. The van der Waals surface area contributed by atoms with Gasteiger partial charge >= 0.3 is 0 Å². The highest BCUT2D eigenvalue weighted by Crippen LogP contribution is 2.21. The van der Waals surface area contributed by atoms with Gasteiger partial charge in [0.1, 0.15) is 0 Å². The number of carbonyl (C=O) groups is 2. The van der Waals surface area contributed by atoms with E-state index >= 15 is 0 Å². The normalized spacial score (nSPS) is 10.1. The zero-order chi connectivity index (χ0) is 14.5. The molecule has 0 atom stereocenters. The highest BCUT2D eigenvalue weighted by atomic mass is 79.9. The van der Waals surface area contributed by atoms with Crippen LogP contribution < -0.4 is 10.6 Å². The fourth-order valence-corrected chi connectivity index (χ4v) is 2.77. The number of halogens is 1. The maximum atomic E-state index is 12.0. The largest absolute Gasteiger partial charge is 0.352 e. The van der Waals surface area contributed by atoms with Crippen LogP contribution in [0.3, 0.4) is 0 Å². The first-order chi connectivity index (χ1) is 9.60. The molecule has 1 aromatic heterocycles. The van der Waals surface area contributed by atoms with Crippen molar-refractivity contribution in [2.45, 2.75) is 6.92 Å². The number of hydrogen-bond acceptors (Lipinski definition) is 3. The van der Waals surface area contributed by atoms with Crippen LogP contribution in [0.4, 0.5) is 5.69 Å². The minimum absolute atomic E-state index is 0.151. The van der Waals surface area contributed by atoms with Crippen molar-refractivity contribution in [2.75, 3.05) is 11.9 Å². The first kappa shape index (κ1) is 14.7. The van der Waals surface area contributed by atoms with Crippen LogP contribution in [0.25, 0.3) is 0 Å². The van der Waals surface area contributed by atoms with E-state index < -0.39 is 0 Å². The van der Waals surface area contributed by atoms with Gasteiger partial charge in [0.15, 0.2) is 0 Å². The third-order valence-corrected chi connectivity index (χ3v) is 4.05. The zero-order valence-corrected chi connectivity index (χ0v) is 13.2. The maximum absolute atomic E-state index is 12.0. The zero-order valence-electron chi connectivity index (χ0n) is 10.8. The molecule has 2 rings (SSSR count). The molecule has 104 valence electrons. The molecule has 0 spiro atoms. The Labute approximate surface area is 129 Å². The molecule has 1 heterocycles. The molecule has 2 N–H and O–H groups in total. The lowest BCUT2D eigenvalue weighted by atomic mass is 10.2. The number of hydrogen-bond donors (Lipinski definition) is 2. The van der Waals surface area contributed by atoms with E-state index in [2.05, 4.69) is 26.6 Å². The van der Waals surface area contributed by atoms with Gasteiger partial charge in [-0.25, -0.2) is 0 Å². The van der Waals surface area contributed by atoms with Crippen molar-refractivity contribution in [2.24, 2.45) is 0 Å². The Morgan fingerprint density at radius 2 is 2.00 bits per heavy atom. The molecule has 0 aliphatic carbocycles. The van der Waals surface area contributed by atoms with Gasteiger partial charge in [-0.3, -0.25) is 9.59 Å². The molecule has 2 aromatic rings. The Balaban J connectivity index is 2.12. The highest BCUT2D eigenvalue weighted by Gasteiger charge is 2.10. The van der Waals surface area contributed by atoms with E-state index in [0.29, 0.717) is 23.4 Å². The topological polar surface area (TPSA) is 58.2 Å². The average molecular weight is 353 g/mol. The lowest BCUT2D eigenvalue weighted by molar-refractivity contribution is 0.0954. The van der Waals surface area contributed by atoms with Gasteiger partial charge in [-0.15, -0.1) is 11.3 Å². The highest BCUT2D eigenvalue weighted by molar-refractivity contribution is 9.11. The van der Waals surface area contributed by atoms with Gasteiger partial charge in [-0.05, 0) is 47.1 Å². The van der Waals surface area contributed by atoms with Crippen LogP contribution in [0.2, 0.25) is 0 Å². The standard InChI is InChI=1S/C14H13BrN2O2S/c1-2-16-13(18)9-4-3-5-11(6-9)17-14(19)10-7-12(15)20-8-10/h3-8H,2H2,1H3,(H,16,18)(H,17,19). The number of benzene rings is 1. The van der Waals surface area contributed by atoms with Gasteiger partial charge in [-0.2, -0.15) is 0 Å². The number of thiophene rings is 1. The van der Waals surface area contributed by atoms with Crippen molar-refractivity contribution < 1.29 is 9.59 Å². The molecule has 0 bridgehead atoms. The summed E-state index contributed by atoms with van der Waals surface area (Å²) in [7, 11) is 0. The molecule has 0 unspecified atom stereocenters. The number of rotatable bonds is 4. The minimum Gasteiger partial charge on any atom is -0.352 e. The third-order valence-electron chi connectivity index (χ3n) is 2.55. The van der Waals surface area contributed by atoms with E-state index in [1.54, 1.807) is 35.7 Å². The molecular weight excluding hydrogens is 340 g/mol. The van der Waals surface area contributed by atoms with E-state index in [-0.39, 0.29) is 11.8 Å². The summed E-state index contributed by atoms with van der Waals surface area (Å²) < 4.78 is 0.902. The van der Waals surface area contributed by atoms with Crippen LogP contribution in [0.1, 0.15) is 27.6 Å². The first-order valence-corrected chi connectivity index (χ1v) is 7.71. The molecule has 0 aliphatic rings. The van der Waals surface area contributed by atoms with Gasteiger partial charge in [0, 0.05) is 23.2 Å². The molecule has 0 radical (unpaired) electrons. The average Bonchev–Trinajstić information content (AvgIpc) is 2.86. The number of anilines is 1. The second-order valence-corrected chi connectivity index (χ2v) is 6.32. The Bertz CT molecular complexity index is 640. The predicted octanol–water partition coefficient (Wildman–Crippen LogP) is 3.51. The molecular formula is C14H13BrN2O2S. The van der Waals surface area contributed by atoms with E-state index in [1.165, 1.54) is 11.3 Å². The summed E-state index contributed by atoms with van der Waals surface area (Å²) in [4.78, 5) is 23.7. The summed E-state index contributed by atoms with van der Waals surface area (Å²) in [6.45, 7) is 2.43. The van der Waals surface area contributed by atoms with E-state index in [1.807, 2.05) is 6.92 Å². The molecule has 0 fully saturated rings. The van der Waals surface area contributed by atoms with Crippen LogP contribution in [-0.4, -0.2) is 18.4 Å². The van der Waals surface area contributed by atoms with Crippen molar-refractivity contribution in [3.8, 4) is 0 Å². The second kappa shape index (κ2) is 6.67. The predicted molar refractivity (Wildman–Crippen MR) is 84.4 cm³/mol. The molecule has 2 amide bonds. The maximum Gasteiger partial charge on any atom is 0.256 e. The van der Waals surface area contributed by atoms with Crippen molar-refractivity contribution in [1.82, 2.24) is 5.32 Å². The number of amides is 2. The fraction of sp³-hybridized carbons (Fsp3) is 0.143. The van der Waals surface area contributed by atoms with Gasteiger partial charge in [0.25, 0.3) is 11.8 Å². The molecule has 0 saturated heterocycles. The quantitative estimate of drug-likeness (QED) is 0.884. The van der Waals surface area contributed by atoms with Crippen LogP contribution >= 0.6 is 27.3 Å². The van der Waals surface area contributed by atoms with Crippen molar-refractivity contribution in [1.29, 1.82) is 0 Å². The number of nitrogens with one attached hydrogen (secondary N) is 2. The molecule has 4 nitrogen and oxygen atoms in total. The van der Waals surface area contributed by atoms with Crippen LogP contribution in [0.15, 0.2) is 39.5 Å². The summed E-state index contributed by atoms with van der Waals surface area (Å²) in [5.74, 6) is -0.345. The summed E-state index contributed by atoms with van der Waals surface area (Å²) in [6.07, 6.45) is 0. The number of carbonyl (C=O) groups excluding carboxylic acids is 2. The fourth-order valence-electron chi connectivity index (χ4n) is 1.63. The second-order valence-electron chi connectivity index (χ2n) is 4.03. The molecule has 6 heteroatoms. The lowest BCUT2D eigenvalue weighted by Crippen LogP contribution is -2.22. The van der Waals surface area contributed by atoms with Gasteiger partial charge in [0.05, 0.1) is 9.35 Å². The van der Waals surface area contributed by atoms with Crippen LogP contribution in [-0.2, 0) is 0 Å². The Hall–Kier alpha value is -1.66. The lowest BCUT2D eigenvalue weighted by Gasteiger charge is -2.06. The SMILES string of the molecule is CCNC(=O)c1cccc(NC(=O)c2csc(Br)c2)c1. The minimum atomic E-state index is -0.194. The van der Waals surface area contributed by atoms with Crippen molar-refractivity contribution >= 4 is 44.8 Å². The summed E-state index contributed by atoms with van der Waals surface area (Å²) in [5, 5.41) is 7.27. The smallest absolute Gasteiger partial charge is 0.256 e. The van der Waals surface area contributed by atoms with Gasteiger partial charge in [0.2, 0.25) is 0 Å². The summed E-state index contributed by atoms with van der Waals surface area (Å²) in [5.41, 5.74) is 1.71. The third kappa shape index (κ3) is 3.68. The van der Waals surface area contributed by atoms with Crippen molar-refractivity contribution in [3.05, 3.63) is 50.6 Å². The Morgan fingerprint density at radius 3 is 2.65 bits per heavy atom. The molecule has 0 aliphatic heterocycles. The monoisotopic (exact) mass is 352 g/mol. The first-order valence-electron chi connectivity index (χ1n) is 6.04. The Morgan fingerprint density at radius 1 is 1.20 bits per heavy atom. The van der Waals surface area contributed by atoms with Crippen molar-refractivity contribution in [3.63, 3.8) is 0 Å². The van der Waals surface area contributed by atoms with Crippen LogP contribution in [0, 0.1) is 0 Å². The van der Waals surface area contributed by atoms with Gasteiger partial charge < -0.3 is 10.6 Å².